The Kier molecular flexibility index (Phi) is 10.7. The van der Waals surface area contributed by atoms with E-state index in [-0.39, 0.29) is 42.8 Å². The molecule has 0 radical (unpaired) electrons. The van der Waals surface area contributed by atoms with Crippen LogP contribution in [-0.2, 0) is 11.2 Å². The molecule has 2 N–H and O–H groups in total. The zero-order chi connectivity index (χ0) is 22.1. The molecule has 164 valence electrons. The minimum absolute atomic E-state index is 0. The largest absolute Gasteiger partial charge is 1.00 e. The van der Waals surface area contributed by atoms with Gasteiger partial charge in [0.2, 0.25) is 0 Å². The van der Waals surface area contributed by atoms with Crippen molar-refractivity contribution in [1.82, 2.24) is 10.3 Å². The Balaban J connectivity index is 0.00000272. The molecule has 6 nitrogen and oxygen atoms in total. The number of hydrogen-bond acceptors (Lipinski definition) is 4. The van der Waals surface area contributed by atoms with Gasteiger partial charge < -0.3 is 16.6 Å². The molecule has 1 amide bonds. The molecule has 32 heavy (non-hydrogen) atoms. The summed E-state index contributed by atoms with van der Waals surface area (Å²) in [6, 6.07) is 17.0. The van der Waals surface area contributed by atoms with Crippen LogP contribution in [-0.4, -0.2) is 35.1 Å². The number of aliphatic carboxylic acids is 1. The molecule has 3 aromatic rings. The van der Waals surface area contributed by atoms with Gasteiger partial charge in [-0.25, -0.2) is 0 Å². The maximum Gasteiger partial charge on any atom is 1.00 e. The minimum Gasteiger partial charge on any atom is -1.00 e. The molecule has 0 saturated carbocycles. The van der Waals surface area contributed by atoms with E-state index >= 15 is 0 Å². The smallest absolute Gasteiger partial charge is 1.00 e. The Labute approximate surface area is 212 Å². The van der Waals surface area contributed by atoms with Gasteiger partial charge in [-0.15, -0.1) is 0 Å². The molecule has 1 aromatic heterocycles. The molecule has 0 spiro atoms. The number of pyridine rings is 1. The van der Waals surface area contributed by atoms with Gasteiger partial charge in [0.1, 0.15) is 12.4 Å². The molecule has 0 saturated heterocycles. The second-order valence-corrected chi connectivity index (χ2v) is 7.55. The van der Waals surface area contributed by atoms with E-state index in [1.165, 1.54) is 0 Å². The van der Waals surface area contributed by atoms with Crippen LogP contribution < -0.4 is 39.6 Å². The van der Waals surface area contributed by atoms with Crippen LogP contribution >= 0.6 is 0 Å². The van der Waals surface area contributed by atoms with Crippen LogP contribution in [0.5, 0.6) is 5.75 Å². The van der Waals surface area contributed by atoms with Gasteiger partial charge in [0.25, 0.3) is 5.91 Å². The molecule has 0 aliphatic heterocycles. The molecule has 0 aliphatic rings. The van der Waals surface area contributed by atoms with Gasteiger partial charge in [-0.05, 0) is 42.7 Å². The van der Waals surface area contributed by atoms with E-state index < -0.39 is 5.97 Å². The summed E-state index contributed by atoms with van der Waals surface area (Å²) < 4.78 is 5.69. The third kappa shape index (κ3) is 7.62. The van der Waals surface area contributed by atoms with Gasteiger partial charge in [-0.1, -0.05) is 50.1 Å². The van der Waals surface area contributed by atoms with Gasteiger partial charge in [0.15, 0.2) is 0 Å². The van der Waals surface area contributed by atoms with Crippen LogP contribution in [0, 0.1) is 5.92 Å². The van der Waals surface area contributed by atoms with Crippen LogP contribution in [0.1, 0.15) is 43.5 Å². The van der Waals surface area contributed by atoms with E-state index in [1.807, 2.05) is 54.6 Å². The number of benzene rings is 2. The van der Waals surface area contributed by atoms with E-state index in [2.05, 4.69) is 17.2 Å². The molecule has 7 heteroatoms. The fourth-order valence-corrected chi connectivity index (χ4v) is 3.40. The third-order valence-electron chi connectivity index (χ3n) is 5.17. The van der Waals surface area contributed by atoms with Crippen molar-refractivity contribution in [3.63, 3.8) is 0 Å². The van der Waals surface area contributed by atoms with E-state index in [0.29, 0.717) is 37.3 Å². The quantitative estimate of drug-likeness (QED) is 0.346. The molecule has 3 rings (SSSR count). The number of fused-ring (bicyclic) bond motifs is 1. The van der Waals surface area contributed by atoms with Gasteiger partial charge in [-0.2, -0.15) is 0 Å². The molecule has 1 unspecified atom stereocenters. The minimum atomic E-state index is -0.744. The summed E-state index contributed by atoms with van der Waals surface area (Å²) in [7, 11) is 0. The van der Waals surface area contributed by atoms with E-state index in [9.17, 15) is 14.7 Å². The summed E-state index contributed by atoms with van der Waals surface area (Å²) >= 11 is 0. The van der Waals surface area contributed by atoms with Crippen molar-refractivity contribution in [2.24, 2.45) is 5.92 Å². The fourth-order valence-electron chi connectivity index (χ4n) is 3.40. The number of ether oxygens (including phenoxy) is 1. The first kappa shape index (κ1) is 25.8. The van der Waals surface area contributed by atoms with Crippen molar-refractivity contribution in [2.75, 3.05) is 13.2 Å². The number of carbonyl (C=O) groups is 2. The number of carbonyl (C=O) groups excluding carboxylic acids is 1. The number of hydrogen-bond donors (Lipinski definition) is 2. The summed E-state index contributed by atoms with van der Waals surface area (Å²) in [4.78, 5) is 28.0. The Bertz CT molecular complexity index is 1030. The molecular weight excluding hydrogens is 415 g/mol. The number of carboxylic acid groups (broad SMARTS) is 1. The van der Waals surface area contributed by atoms with Crippen LogP contribution in [0.4, 0.5) is 0 Å². The third-order valence-corrected chi connectivity index (χ3v) is 5.17. The summed E-state index contributed by atoms with van der Waals surface area (Å²) in [6.07, 6.45) is 4.69. The van der Waals surface area contributed by atoms with E-state index in [4.69, 9.17) is 4.74 Å². The van der Waals surface area contributed by atoms with Gasteiger partial charge >= 0.3 is 35.5 Å². The number of carboxylic acids is 1. The van der Waals surface area contributed by atoms with E-state index in [1.54, 1.807) is 6.20 Å². The Morgan fingerprint density at radius 2 is 1.91 bits per heavy atom. The Morgan fingerprint density at radius 3 is 2.62 bits per heavy atom. The molecule has 1 atom stereocenters. The monoisotopic (exact) mass is 444 g/mol. The topological polar surface area (TPSA) is 88.5 Å². The second-order valence-electron chi connectivity index (χ2n) is 7.55. The number of unbranched alkanes of at least 4 members (excludes halogenated alkanes) is 1. The van der Waals surface area contributed by atoms with Crippen molar-refractivity contribution < 1.29 is 50.4 Å². The predicted molar refractivity (Wildman–Crippen MR) is 121 cm³/mol. The number of nitrogens with one attached hydrogen (secondary N) is 1. The summed E-state index contributed by atoms with van der Waals surface area (Å²) in [6.45, 7) is 2.76. The fraction of sp³-hybridized carbons (Fsp3) is 0.320. The molecule has 2 aromatic carbocycles. The normalized spacial score (nSPS) is 11.4. The standard InChI is InChI=1S/C25H28N2O4.Na.H/c1-2-3-6-20(25(29)30)15-18-9-11-22(12-10-18)31-14-13-26-24(28)21-16-19-7-4-5-8-23(19)27-17-21;;/h4-5,7-12,16-17,20H,2-3,6,13-15H2,1H3,(H,26,28)(H,29,30);;/q;+1;-1. The average molecular weight is 445 g/mol. The second kappa shape index (κ2) is 13.2. The van der Waals surface area contributed by atoms with Crippen LogP contribution in [0.25, 0.3) is 10.9 Å². The van der Waals surface area contributed by atoms with Crippen molar-refractivity contribution in [1.29, 1.82) is 0 Å². The molecule has 0 aliphatic carbocycles. The maximum absolute atomic E-state index is 12.3. The van der Waals surface area contributed by atoms with Crippen LogP contribution in [0.15, 0.2) is 60.8 Å². The number of para-hydroxylation sites is 1. The zero-order valence-corrected chi connectivity index (χ0v) is 20.7. The first-order chi connectivity index (χ1) is 15.1. The van der Waals surface area contributed by atoms with Gasteiger partial charge in [0, 0.05) is 11.6 Å². The maximum atomic E-state index is 12.3. The van der Waals surface area contributed by atoms with Crippen molar-refractivity contribution in [2.45, 2.75) is 32.6 Å². The molecular formula is C25H29N2NaO4. The summed E-state index contributed by atoms with van der Waals surface area (Å²) in [5.41, 5.74) is 2.35. The Morgan fingerprint density at radius 1 is 1.16 bits per heavy atom. The van der Waals surface area contributed by atoms with Gasteiger partial charge in [-0.3, -0.25) is 14.6 Å². The predicted octanol–water partition coefficient (Wildman–Crippen LogP) is 1.59. The van der Waals surface area contributed by atoms with Crippen molar-refractivity contribution in [3.8, 4) is 5.75 Å². The number of rotatable bonds is 11. The van der Waals surface area contributed by atoms with Crippen LogP contribution in [0.2, 0.25) is 0 Å². The molecule has 0 fully saturated rings. The Hall–Kier alpha value is -2.41. The first-order valence-corrected chi connectivity index (χ1v) is 10.6. The number of aromatic nitrogens is 1. The van der Waals surface area contributed by atoms with Crippen molar-refractivity contribution >= 4 is 22.8 Å². The summed E-state index contributed by atoms with van der Waals surface area (Å²) in [5, 5.41) is 13.1. The molecule has 0 bridgehead atoms. The van der Waals surface area contributed by atoms with Gasteiger partial charge in [0.05, 0.1) is 23.5 Å². The molecule has 1 heterocycles. The van der Waals surface area contributed by atoms with Crippen molar-refractivity contribution in [3.05, 3.63) is 71.9 Å². The zero-order valence-electron chi connectivity index (χ0n) is 19.7. The number of amides is 1. The average Bonchev–Trinajstić information content (AvgIpc) is 2.79. The SMILES string of the molecule is CCCCC(Cc1ccc(OCCNC(=O)c2cnc3ccccc3c2)cc1)C(=O)O.[H-].[Na+]. The number of nitrogens with zero attached hydrogens (tertiary/aromatic N) is 1. The first-order valence-electron chi connectivity index (χ1n) is 10.6. The van der Waals surface area contributed by atoms with Crippen LogP contribution in [0.3, 0.4) is 0 Å². The summed E-state index contributed by atoms with van der Waals surface area (Å²) in [5.74, 6) is -0.604. The van der Waals surface area contributed by atoms with E-state index in [0.717, 1.165) is 29.3 Å².